The minimum Gasteiger partial charge on any atom is -0.497 e. The number of nitrogens with zero attached hydrogens (tertiary/aromatic N) is 2. The number of carbonyl (C=O) groups is 1. The van der Waals surface area contributed by atoms with Gasteiger partial charge < -0.3 is 14.5 Å². The van der Waals surface area contributed by atoms with E-state index in [1.165, 1.54) is 11.6 Å². The van der Waals surface area contributed by atoms with Crippen LogP contribution in [0.5, 0.6) is 5.75 Å². The highest BCUT2D eigenvalue weighted by atomic mass is 19.1. The highest BCUT2D eigenvalue weighted by molar-refractivity contribution is 5.94. The smallest absolute Gasteiger partial charge is 0.256 e. The first-order valence-corrected chi connectivity index (χ1v) is 10.5. The average molecular weight is 399 g/mol. The highest BCUT2D eigenvalue weighted by Gasteiger charge is 2.25. The second kappa shape index (κ2) is 10.4. The number of amides is 1. The van der Waals surface area contributed by atoms with Crippen molar-refractivity contribution in [2.45, 2.75) is 26.2 Å². The van der Waals surface area contributed by atoms with Crippen molar-refractivity contribution in [1.82, 2.24) is 9.80 Å². The van der Waals surface area contributed by atoms with Gasteiger partial charge in [0.1, 0.15) is 11.6 Å². The lowest BCUT2D eigenvalue weighted by Crippen LogP contribution is -2.43. The standard InChI is InChI=1S/C24H31FN2O2/c1-3-27(24(28)22-11-4-5-12-23(22)25)18-20-9-7-14-26(17-20)15-13-19-8-6-10-21(16-19)29-2/h4-6,8,10-12,16,20H,3,7,9,13-15,17-18H2,1-2H3/t20-/m1/s1. The second-order valence-corrected chi connectivity index (χ2v) is 7.73. The summed E-state index contributed by atoms with van der Waals surface area (Å²) in [5, 5.41) is 0. The summed E-state index contributed by atoms with van der Waals surface area (Å²) in [6, 6.07) is 14.5. The average Bonchev–Trinajstić information content (AvgIpc) is 2.76. The lowest BCUT2D eigenvalue weighted by Gasteiger charge is -2.35. The molecule has 1 amide bonds. The van der Waals surface area contributed by atoms with Crippen LogP contribution in [0.1, 0.15) is 35.7 Å². The van der Waals surface area contributed by atoms with E-state index in [0.29, 0.717) is 19.0 Å². The number of benzene rings is 2. The number of carbonyl (C=O) groups excluding carboxylic acids is 1. The van der Waals surface area contributed by atoms with Crippen molar-refractivity contribution < 1.29 is 13.9 Å². The third-order valence-corrected chi connectivity index (χ3v) is 5.71. The maximum absolute atomic E-state index is 14.0. The van der Waals surface area contributed by atoms with Crippen LogP contribution in [0.15, 0.2) is 48.5 Å². The van der Waals surface area contributed by atoms with Crippen molar-refractivity contribution in [2.24, 2.45) is 5.92 Å². The maximum Gasteiger partial charge on any atom is 0.256 e. The minimum atomic E-state index is -0.445. The molecular weight excluding hydrogens is 367 g/mol. The Labute approximate surface area is 173 Å². The number of halogens is 1. The van der Waals surface area contributed by atoms with E-state index in [0.717, 1.165) is 44.6 Å². The van der Waals surface area contributed by atoms with Gasteiger partial charge in [0, 0.05) is 26.2 Å². The molecule has 0 radical (unpaired) electrons. The predicted octanol–water partition coefficient (Wildman–Crippen LogP) is 4.25. The van der Waals surface area contributed by atoms with Gasteiger partial charge in [0.2, 0.25) is 0 Å². The molecule has 0 spiro atoms. The van der Waals surface area contributed by atoms with Crippen LogP contribution in [-0.2, 0) is 6.42 Å². The molecule has 1 aliphatic heterocycles. The Balaban J connectivity index is 1.55. The molecule has 29 heavy (non-hydrogen) atoms. The summed E-state index contributed by atoms with van der Waals surface area (Å²) in [4.78, 5) is 17.1. The number of ether oxygens (including phenoxy) is 1. The Morgan fingerprint density at radius 3 is 2.83 bits per heavy atom. The van der Waals surface area contributed by atoms with E-state index in [9.17, 15) is 9.18 Å². The molecule has 0 aliphatic carbocycles. The third kappa shape index (κ3) is 5.80. The van der Waals surface area contributed by atoms with E-state index < -0.39 is 5.82 Å². The lowest BCUT2D eigenvalue weighted by atomic mass is 9.96. The number of methoxy groups -OCH3 is 1. The number of likely N-dealkylation sites (tertiary alicyclic amines) is 1. The zero-order valence-electron chi connectivity index (χ0n) is 17.4. The number of rotatable bonds is 8. The molecule has 0 bridgehead atoms. The van der Waals surface area contributed by atoms with Crippen molar-refractivity contribution in [1.29, 1.82) is 0 Å². The van der Waals surface area contributed by atoms with E-state index in [1.807, 2.05) is 19.1 Å². The molecule has 2 aromatic carbocycles. The van der Waals surface area contributed by atoms with Gasteiger partial charge in [0.25, 0.3) is 5.91 Å². The molecule has 5 heteroatoms. The summed E-state index contributed by atoms with van der Waals surface area (Å²) in [5.41, 5.74) is 1.44. The topological polar surface area (TPSA) is 32.8 Å². The van der Waals surface area contributed by atoms with E-state index in [1.54, 1.807) is 30.2 Å². The zero-order valence-corrected chi connectivity index (χ0v) is 17.4. The maximum atomic E-state index is 14.0. The number of hydrogen-bond acceptors (Lipinski definition) is 3. The molecule has 1 saturated heterocycles. The summed E-state index contributed by atoms with van der Waals surface area (Å²) in [6.07, 6.45) is 3.22. The van der Waals surface area contributed by atoms with Gasteiger partial charge in [-0.2, -0.15) is 0 Å². The molecule has 1 atom stereocenters. The van der Waals surface area contributed by atoms with Gasteiger partial charge in [0.05, 0.1) is 12.7 Å². The molecule has 0 N–H and O–H groups in total. The summed E-state index contributed by atoms with van der Waals surface area (Å²) in [5.74, 6) is 0.660. The molecule has 2 aromatic rings. The molecule has 0 unspecified atom stereocenters. The van der Waals surface area contributed by atoms with Crippen LogP contribution in [0.25, 0.3) is 0 Å². The zero-order chi connectivity index (χ0) is 20.6. The van der Waals surface area contributed by atoms with Crippen molar-refractivity contribution in [3.05, 3.63) is 65.5 Å². The van der Waals surface area contributed by atoms with Gasteiger partial charge in [0.15, 0.2) is 0 Å². The molecule has 3 rings (SSSR count). The Morgan fingerprint density at radius 2 is 2.07 bits per heavy atom. The van der Waals surface area contributed by atoms with Crippen LogP contribution in [0, 0.1) is 11.7 Å². The van der Waals surface area contributed by atoms with Crippen LogP contribution in [-0.4, -0.2) is 55.5 Å². The Kier molecular flexibility index (Phi) is 7.64. The molecular formula is C24H31FN2O2. The van der Waals surface area contributed by atoms with Crippen molar-refractivity contribution in [3.8, 4) is 5.75 Å². The normalized spacial score (nSPS) is 17.1. The SMILES string of the molecule is CCN(C[C@@H]1CCCN(CCc2cccc(OC)c2)C1)C(=O)c1ccccc1F. The first kappa shape index (κ1) is 21.3. The Morgan fingerprint density at radius 1 is 1.24 bits per heavy atom. The van der Waals surface area contributed by atoms with Crippen LogP contribution < -0.4 is 4.74 Å². The molecule has 1 fully saturated rings. The molecule has 0 saturated carbocycles. The molecule has 1 aliphatic rings. The van der Waals surface area contributed by atoms with Gasteiger partial charge in [-0.1, -0.05) is 24.3 Å². The third-order valence-electron chi connectivity index (χ3n) is 5.71. The Bertz CT molecular complexity index is 811. The number of hydrogen-bond donors (Lipinski definition) is 0. The molecule has 156 valence electrons. The summed E-state index contributed by atoms with van der Waals surface area (Å²) in [7, 11) is 1.69. The first-order chi connectivity index (χ1) is 14.1. The second-order valence-electron chi connectivity index (χ2n) is 7.73. The monoisotopic (exact) mass is 398 g/mol. The van der Waals surface area contributed by atoms with Crippen molar-refractivity contribution in [3.63, 3.8) is 0 Å². The minimum absolute atomic E-state index is 0.167. The van der Waals surface area contributed by atoms with Crippen molar-refractivity contribution in [2.75, 3.05) is 39.8 Å². The Hall–Kier alpha value is -2.40. The molecule has 4 nitrogen and oxygen atoms in total. The van der Waals surface area contributed by atoms with Crippen LogP contribution in [0.3, 0.4) is 0 Å². The van der Waals surface area contributed by atoms with Crippen LogP contribution in [0.4, 0.5) is 4.39 Å². The highest BCUT2D eigenvalue weighted by Crippen LogP contribution is 2.20. The van der Waals surface area contributed by atoms with Gasteiger partial charge in [-0.3, -0.25) is 4.79 Å². The van der Waals surface area contributed by atoms with Crippen molar-refractivity contribution >= 4 is 5.91 Å². The summed E-state index contributed by atoms with van der Waals surface area (Å²) in [6.45, 7) is 6.30. The van der Waals surface area contributed by atoms with E-state index >= 15 is 0 Å². The van der Waals surface area contributed by atoms with Crippen LogP contribution >= 0.6 is 0 Å². The summed E-state index contributed by atoms with van der Waals surface area (Å²) < 4.78 is 19.3. The summed E-state index contributed by atoms with van der Waals surface area (Å²) >= 11 is 0. The van der Waals surface area contributed by atoms with E-state index in [-0.39, 0.29) is 11.5 Å². The largest absolute Gasteiger partial charge is 0.497 e. The van der Waals surface area contributed by atoms with Gasteiger partial charge in [-0.05, 0) is 68.5 Å². The van der Waals surface area contributed by atoms with Crippen LogP contribution in [0.2, 0.25) is 0 Å². The molecule has 0 aromatic heterocycles. The molecule has 1 heterocycles. The predicted molar refractivity (Wildman–Crippen MR) is 114 cm³/mol. The van der Waals surface area contributed by atoms with Gasteiger partial charge in [-0.15, -0.1) is 0 Å². The van der Waals surface area contributed by atoms with E-state index in [4.69, 9.17) is 4.74 Å². The quantitative estimate of drug-likeness (QED) is 0.666. The fourth-order valence-corrected chi connectivity index (χ4v) is 4.09. The first-order valence-electron chi connectivity index (χ1n) is 10.5. The van der Waals surface area contributed by atoms with E-state index in [2.05, 4.69) is 17.0 Å². The fourth-order valence-electron chi connectivity index (χ4n) is 4.09. The van der Waals surface area contributed by atoms with Gasteiger partial charge >= 0.3 is 0 Å². The number of piperidine rings is 1. The fraction of sp³-hybridized carbons (Fsp3) is 0.458. The lowest BCUT2D eigenvalue weighted by molar-refractivity contribution is 0.0686. The van der Waals surface area contributed by atoms with Gasteiger partial charge in [-0.25, -0.2) is 4.39 Å².